The summed E-state index contributed by atoms with van der Waals surface area (Å²) in [7, 11) is 0. The zero-order valence-corrected chi connectivity index (χ0v) is 12.3. The van der Waals surface area contributed by atoms with Gasteiger partial charge in [-0.2, -0.15) is 0 Å². The van der Waals surface area contributed by atoms with Crippen molar-refractivity contribution in [2.24, 2.45) is 0 Å². The number of nitrogens with zero attached hydrogens (tertiary/aromatic N) is 2. The Morgan fingerprint density at radius 2 is 2.31 bits per heavy atom. The number of aromatic nitrogens is 2. The lowest BCUT2D eigenvalue weighted by atomic mass is 10.2. The highest BCUT2D eigenvalue weighted by Gasteiger charge is 2.14. The summed E-state index contributed by atoms with van der Waals surface area (Å²) in [6.07, 6.45) is 3.99. The largest absolute Gasteiger partial charge is 0.351 e. The van der Waals surface area contributed by atoms with Gasteiger partial charge in [-0.15, -0.1) is 5.10 Å². The quantitative estimate of drug-likeness (QED) is 0.465. The molecular formula is C10H16IN3OS. The van der Waals surface area contributed by atoms with E-state index in [9.17, 15) is 4.79 Å². The number of nitrogens with one attached hydrogen (secondary N) is 1. The Bertz CT molecular complexity index is 330. The summed E-state index contributed by atoms with van der Waals surface area (Å²) in [5.41, 5.74) is 0.832. The van der Waals surface area contributed by atoms with Gasteiger partial charge in [0.05, 0.1) is 5.69 Å². The highest BCUT2D eigenvalue weighted by Crippen LogP contribution is 2.12. The summed E-state index contributed by atoms with van der Waals surface area (Å²) in [5.74, 6) is -0.0214. The van der Waals surface area contributed by atoms with Gasteiger partial charge in [0.2, 0.25) is 0 Å². The Kier molecular flexibility index (Phi) is 6.86. The predicted molar refractivity (Wildman–Crippen MR) is 74.4 cm³/mol. The van der Waals surface area contributed by atoms with Gasteiger partial charge in [0.1, 0.15) is 4.88 Å². The number of amides is 1. The Morgan fingerprint density at radius 3 is 3.00 bits per heavy atom. The number of carbonyl (C=O) groups excluding carboxylic acids is 1. The molecule has 0 fully saturated rings. The van der Waals surface area contributed by atoms with E-state index in [0.717, 1.165) is 42.3 Å². The highest BCUT2D eigenvalue weighted by molar-refractivity contribution is 14.1. The smallest absolute Gasteiger partial charge is 0.264 e. The Balaban J connectivity index is 2.42. The molecule has 0 saturated carbocycles. The Morgan fingerprint density at radius 1 is 1.50 bits per heavy atom. The van der Waals surface area contributed by atoms with Gasteiger partial charge in [0.25, 0.3) is 5.91 Å². The van der Waals surface area contributed by atoms with Gasteiger partial charge in [0.15, 0.2) is 0 Å². The van der Waals surface area contributed by atoms with Crippen molar-refractivity contribution in [3.8, 4) is 0 Å². The number of hydrogen-bond acceptors (Lipinski definition) is 4. The second kappa shape index (κ2) is 7.94. The lowest BCUT2D eigenvalue weighted by Gasteiger charge is -2.03. The molecule has 16 heavy (non-hydrogen) atoms. The van der Waals surface area contributed by atoms with Crippen LogP contribution in [0.3, 0.4) is 0 Å². The second-order valence-corrected chi connectivity index (χ2v) is 5.28. The van der Waals surface area contributed by atoms with Gasteiger partial charge >= 0.3 is 0 Å². The molecule has 0 unspecified atom stereocenters. The minimum atomic E-state index is -0.0214. The van der Waals surface area contributed by atoms with Crippen molar-refractivity contribution in [1.82, 2.24) is 14.9 Å². The molecule has 1 aromatic rings. The fourth-order valence-electron chi connectivity index (χ4n) is 1.28. The number of hydrogen-bond donors (Lipinski definition) is 1. The zero-order chi connectivity index (χ0) is 11.8. The lowest BCUT2D eigenvalue weighted by molar-refractivity contribution is 0.0956. The summed E-state index contributed by atoms with van der Waals surface area (Å²) >= 11 is 3.53. The first-order valence-corrected chi connectivity index (χ1v) is 7.74. The molecule has 0 aliphatic heterocycles. The van der Waals surface area contributed by atoms with Crippen molar-refractivity contribution in [2.45, 2.75) is 32.6 Å². The van der Waals surface area contributed by atoms with E-state index in [2.05, 4.69) is 44.4 Å². The maximum Gasteiger partial charge on any atom is 0.264 e. The molecule has 0 saturated heterocycles. The lowest BCUT2D eigenvalue weighted by Crippen LogP contribution is -2.24. The highest BCUT2D eigenvalue weighted by atomic mass is 127. The van der Waals surface area contributed by atoms with Gasteiger partial charge in [-0.3, -0.25) is 4.79 Å². The maximum atomic E-state index is 11.8. The molecule has 1 rings (SSSR count). The molecule has 1 heterocycles. The number of unbranched alkanes of at least 4 members (excludes halogenated alkanes) is 1. The van der Waals surface area contributed by atoms with Crippen LogP contribution >= 0.6 is 34.1 Å². The average Bonchev–Trinajstić information content (AvgIpc) is 2.73. The van der Waals surface area contributed by atoms with E-state index in [-0.39, 0.29) is 5.91 Å². The molecular weight excluding hydrogens is 337 g/mol. The van der Waals surface area contributed by atoms with Crippen LogP contribution in [0.15, 0.2) is 0 Å². The van der Waals surface area contributed by atoms with Crippen LogP contribution in [-0.4, -0.2) is 26.5 Å². The molecule has 1 amide bonds. The Labute approximate surface area is 114 Å². The molecule has 90 valence electrons. The van der Waals surface area contributed by atoms with Crippen LogP contribution in [-0.2, 0) is 6.42 Å². The maximum absolute atomic E-state index is 11.8. The number of rotatable bonds is 7. The van der Waals surface area contributed by atoms with Crippen LogP contribution in [0.4, 0.5) is 0 Å². The summed E-state index contributed by atoms with van der Waals surface area (Å²) in [4.78, 5) is 12.5. The zero-order valence-electron chi connectivity index (χ0n) is 9.33. The molecule has 0 spiro atoms. The molecule has 0 radical (unpaired) electrons. The third kappa shape index (κ3) is 4.32. The van der Waals surface area contributed by atoms with E-state index in [0.29, 0.717) is 4.88 Å². The fourth-order valence-corrected chi connectivity index (χ4v) is 2.45. The van der Waals surface area contributed by atoms with Crippen molar-refractivity contribution in [1.29, 1.82) is 0 Å². The van der Waals surface area contributed by atoms with Gasteiger partial charge in [-0.1, -0.05) is 40.4 Å². The van der Waals surface area contributed by atoms with E-state index < -0.39 is 0 Å². The number of alkyl halides is 1. The SMILES string of the molecule is CCCc1nnsc1C(=O)NCCCCI. The van der Waals surface area contributed by atoms with Crippen molar-refractivity contribution in [2.75, 3.05) is 11.0 Å². The molecule has 0 aromatic carbocycles. The first-order valence-electron chi connectivity index (χ1n) is 5.45. The molecule has 6 heteroatoms. The average molecular weight is 353 g/mol. The van der Waals surface area contributed by atoms with E-state index in [1.807, 2.05) is 0 Å². The number of carbonyl (C=O) groups is 1. The van der Waals surface area contributed by atoms with E-state index in [1.54, 1.807) is 0 Å². The molecule has 0 bridgehead atoms. The third-order valence-electron chi connectivity index (χ3n) is 2.09. The predicted octanol–water partition coefficient (Wildman–Crippen LogP) is 2.44. The van der Waals surface area contributed by atoms with E-state index in [4.69, 9.17) is 0 Å². The molecule has 0 atom stereocenters. The summed E-state index contributed by atoms with van der Waals surface area (Å²) in [6, 6.07) is 0. The summed E-state index contributed by atoms with van der Waals surface area (Å²) in [5, 5.41) is 6.88. The van der Waals surface area contributed by atoms with Crippen LogP contribution in [0.25, 0.3) is 0 Å². The van der Waals surface area contributed by atoms with Crippen LogP contribution < -0.4 is 5.32 Å². The molecule has 0 aliphatic carbocycles. The summed E-state index contributed by atoms with van der Waals surface area (Å²) < 4.78 is 4.97. The van der Waals surface area contributed by atoms with Crippen molar-refractivity contribution in [3.63, 3.8) is 0 Å². The minimum absolute atomic E-state index is 0.0214. The van der Waals surface area contributed by atoms with Crippen LogP contribution in [0.2, 0.25) is 0 Å². The van der Waals surface area contributed by atoms with Gasteiger partial charge < -0.3 is 5.32 Å². The van der Waals surface area contributed by atoms with Gasteiger partial charge in [-0.25, -0.2) is 0 Å². The van der Waals surface area contributed by atoms with Gasteiger partial charge in [0, 0.05) is 6.54 Å². The molecule has 1 N–H and O–H groups in total. The van der Waals surface area contributed by atoms with Crippen molar-refractivity contribution in [3.05, 3.63) is 10.6 Å². The second-order valence-electron chi connectivity index (χ2n) is 3.45. The standard InChI is InChI=1S/C10H16IN3OS/c1-2-5-8-9(16-14-13-8)10(15)12-7-4-3-6-11/h2-7H2,1H3,(H,12,15). The van der Waals surface area contributed by atoms with E-state index >= 15 is 0 Å². The topological polar surface area (TPSA) is 54.9 Å². The van der Waals surface area contributed by atoms with Crippen LogP contribution in [0, 0.1) is 0 Å². The fraction of sp³-hybridized carbons (Fsp3) is 0.700. The minimum Gasteiger partial charge on any atom is -0.351 e. The van der Waals surface area contributed by atoms with Crippen LogP contribution in [0.5, 0.6) is 0 Å². The molecule has 4 nitrogen and oxygen atoms in total. The number of aryl methyl sites for hydroxylation is 1. The number of halogens is 1. The molecule has 1 aromatic heterocycles. The van der Waals surface area contributed by atoms with Crippen LogP contribution in [0.1, 0.15) is 41.6 Å². The molecule has 0 aliphatic rings. The first kappa shape index (κ1) is 13.8. The first-order chi connectivity index (χ1) is 7.79. The summed E-state index contributed by atoms with van der Waals surface area (Å²) in [6.45, 7) is 2.81. The van der Waals surface area contributed by atoms with Crippen molar-refractivity contribution < 1.29 is 4.79 Å². The third-order valence-corrected chi connectivity index (χ3v) is 3.62. The van der Waals surface area contributed by atoms with E-state index in [1.165, 1.54) is 11.5 Å². The van der Waals surface area contributed by atoms with Crippen molar-refractivity contribution >= 4 is 40.0 Å². The monoisotopic (exact) mass is 353 g/mol. The Hall–Kier alpha value is -0.240. The van der Waals surface area contributed by atoms with Gasteiger partial charge in [-0.05, 0) is 35.2 Å². The normalized spacial score (nSPS) is 10.4.